The number of benzene rings is 2. The lowest BCUT2D eigenvalue weighted by atomic mass is 9.98. The van der Waals surface area contributed by atoms with Crippen LogP contribution in [-0.2, 0) is 31.9 Å². The van der Waals surface area contributed by atoms with Gasteiger partial charge in [-0.05, 0) is 36.1 Å². The molecule has 2 aromatic heterocycles. The van der Waals surface area contributed by atoms with Crippen molar-refractivity contribution >= 4 is 28.7 Å². The maximum absolute atomic E-state index is 12.8. The second kappa shape index (κ2) is 10.1. The van der Waals surface area contributed by atoms with Crippen molar-refractivity contribution in [3.63, 3.8) is 0 Å². The molecule has 2 aromatic carbocycles. The molecule has 0 aliphatic carbocycles. The van der Waals surface area contributed by atoms with Crippen LogP contribution in [0.25, 0.3) is 11.2 Å². The average molecular weight is 480 g/mol. The number of hydrogen-bond acceptors (Lipinski definition) is 4. The zero-order valence-corrected chi connectivity index (χ0v) is 19.8. The molecule has 34 heavy (non-hydrogen) atoms. The number of halogens is 1. The zero-order valence-electron chi connectivity index (χ0n) is 19.1. The first-order valence-electron chi connectivity index (χ1n) is 11.0. The number of rotatable bonds is 8. The van der Waals surface area contributed by atoms with Crippen LogP contribution in [0.5, 0.6) is 0 Å². The Morgan fingerprint density at radius 2 is 1.74 bits per heavy atom. The maximum atomic E-state index is 12.8. The summed E-state index contributed by atoms with van der Waals surface area (Å²) in [6.07, 6.45) is 2.99. The van der Waals surface area contributed by atoms with Gasteiger partial charge in [-0.15, -0.1) is 0 Å². The molecule has 0 fully saturated rings. The molecule has 0 saturated carbocycles. The molecular formula is C25H26ClN5O3. The van der Waals surface area contributed by atoms with Crippen molar-refractivity contribution in [1.29, 1.82) is 0 Å². The average Bonchev–Trinajstić information content (AvgIpc) is 3.27. The number of imidazole rings is 1. The highest BCUT2D eigenvalue weighted by Gasteiger charge is 2.17. The quantitative estimate of drug-likeness (QED) is 0.420. The first-order valence-corrected chi connectivity index (χ1v) is 11.4. The summed E-state index contributed by atoms with van der Waals surface area (Å²) in [5.74, 6) is -0.0764. The van der Waals surface area contributed by atoms with Crippen LogP contribution >= 0.6 is 11.6 Å². The molecule has 4 aromatic rings. The van der Waals surface area contributed by atoms with E-state index >= 15 is 0 Å². The highest BCUT2D eigenvalue weighted by atomic mass is 35.5. The van der Waals surface area contributed by atoms with Crippen molar-refractivity contribution in [2.45, 2.75) is 31.8 Å². The van der Waals surface area contributed by atoms with E-state index in [1.165, 1.54) is 17.9 Å². The van der Waals surface area contributed by atoms with Crippen molar-refractivity contribution in [2.24, 2.45) is 14.1 Å². The molecule has 1 unspecified atom stereocenters. The standard InChI is InChI=1S/C25H26ClN5O3/c1-29-23-22(24(33)30(2)25(29)34)31(16-27-23)14-6-9-21(32)28-20(18-7-4-3-5-8-18)15-17-10-12-19(26)13-11-17/h3-5,7-8,10-13,16,20H,6,9,14-15H2,1-2H3,(H,28,32). The van der Waals surface area contributed by atoms with Crippen LogP contribution in [0.2, 0.25) is 5.02 Å². The number of amides is 1. The van der Waals surface area contributed by atoms with E-state index in [9.17, 15) is 14.4 Å². The summed E-state index contributed by atoms with van der Waals surface area (Å²) in [4.78, 5) is 41.7. The molecular weight excluding hydrogens is 454 g/mol. The first-order chi connectivity index (χ1) is 16.3. The van der Waals surface area contributed by atoms with Crippen LogP contribution < -0.4 is 16.6 Å². The van der Waals surface area contributed by atoms with Gasteiger partial charge in [0.05, 0.1) is 12.4 Å². The Morgan fingerprint density at radius 1 is 1.03 bits per heavy atom. The van der Waals surface area contributed by atoms with Crippen LogP contribution in [0, 0.1) is 0 Å². The van der Waals surface area contributed by atoms with E-state index in [1.54, 1.807) is 11.6 Å². The predicted octanol–water partition coefficient (Wildman–Crippen LogP) is 2.97. The molecule has 0 aliphatic heterocycles. The lowest BCUT2D eigenvalue weighted by Gasteiger charge is -2.20. The van der Waals surface area contributed by atoms with E-state index in [-0.39, 0.29) is 18.4 Å². The summed E-state index contributed by atoms with van der Waals surface area (Å²) in [6.45, 7) is 0.435. The molecule has 0 spiro atoms. The molecule has 176 valence electrons. The van der Waals surface area contributed by atoms with E-state index in [1.807, 2.05) is 54.6 Å². The number of carbonyl (C=O) groups is 1. The van der Waals surface area contributed by atoms with Crippen molar-refractivity contribution in [3.8, 4) is 0 Å². The van der Waals surface area contributed by atoms with Gasteiger partial charge < -0.3 is 9.88 Å². The molecule has 0 radical (unpaired) electrons. The summed E-state index contributed by atoms with van der Waals surface area (Å²) < 4.78 is 4.11. The summed E-state index contributed by atoms with van der Waals surface area (Å²) in [7, 11) is 3.03. The Hall–Kier alpha value is -3.65. The molecule has 0 aliphatic rings. The van der Waals surface area contributed by atoms with Gasteiger partial charge in [-0.1, -0.05) is 54.1 Å². The number of nitrogens with zero attached hydrogens (tertiary/aromatic N) is 4. The SMILES string of the molecule is Cn1c(=O)c2c(ncn2CCCC(=O)NC(Cc2ccc(Cl)cc2)c2ccccc2)n(C)c1=O. The smallest absolute Gasteiger partial charge is 0.332 e. The fourth-order valence-corrected chi connectivity index (χ4v) is 4.16. The van der Waals surface area contributed by atoms with Crippen molar-refractivity contribution in [1.82, 2.24) is 24.0 Å². The zero-order chi connectivity index (χ0) is 24.2. The molecule has 1 atom stereocenters. The first kappa shape index (κ1) is 23.5. The minimum atomic E-state index is -0.422. The Labute approximate surface area is 201 Å². The van der Waals surface area contributed by atoms with Crippen LogP contribution in [0.1, 0.15) is 30.0 Å². The van der Waals surface area contributed by atoms with E-state index < -0.39 is 11.2 Å². The minimum absolute atomic E-state index is 0.0764. The number of carbonyl (C=O) groups excluding carboxylic acids is 1. The van der Waals surface area contributed by atoms with Crippen LogP contribution in [-0.4, -0.2) is 24.6 Å². The number of aromatic nitrogens is 4. The van der Waals surface area contributed by atoms with Gasteiger partial charge in [-0.2, -0.15) is 0 Å². The molecule has 0 bridgehead atoms. The number of aryl methyl sites for hydroxylation is 2. The van der Waals surface area contributed by atoms with Gasteiger partial charge in [0.2, 0.25) is 5.91 Å². The topological polar surface area (TPSA) is 90.9 Å². The van der Waals surface area contributed by atoms with Gasteiger partial charge in [0.15, 0.2) is 11.2 Å². The van der Waals surface area contributed by atoms with Crippen LogP contribution in [0.3, 0.4) is 0 Å². The summed E-state index contributed by atoms with van der Waals surface area (Å²) in [5, 5.41) is 3.81. The third-order valence-electron chi connectivity index (χ3n) is 5.91. The molecule has 8 nitrogen and oxygen atoms in total. The van der Waals surface area contributed by atoms with Gasteiger partial charge in [-0.3, -0.25) is 18.7 Å². The van der Waals surface area contributed by atoms with Crippen LogP contribution in [0.15, 0.2) is 70.5 Å². The van der Waals surface area contributed by atoms with Crippen molar-refractivity contribution in [2.75, 3.05) is 0 Å². The monoisotopic (exact) mass is 479 g/mol. The summed E-state index contributed by atoms with van der Waals surface area (Å²) >= 11 is 6.01. The third kappa shape index (κ3) is 4.97. The number of fused-ring (bicyclic) bond motifs is 1. The fraction of sp³-hybridized carbons (Fsp3) is 0.280. The highest BCUT2D eigenvalue weighted by molar-refractivity contribution is 6.30. The van der Waals surface area contributed by atoms with Gasteiger partial charge in [-0.25, -0.2) is 9.78 Å². The van der Waals surface area contributed by atoms with Crippen molar-refractivity contribution < 1.29 is 4.79 Å². The fourth-order valence-electron chi connectivity index (χ4n) is 4.04. The van der Waals surface area contributed by atoms with Gasteiger partial charge in [0, 0.05) is 32.1 Å². The Bertz CT molecular complexity index is 1420. The van der Waals surface area contributed by atoms with E-state index in [4.69, 9.17) is 11.6 Å². The van der Waals surface area contributed by atoms with Crippen LogP contribution in [0.4, 0.5) is 0 Å². The van der Waals surface area contributed by atoms with Crippen molar-refractivity contribution in [3.05, 3.63) is 97.9 Å². The maximum Gasteiger partial charge on any atom is 0.332 e. The summed E-state index contributed by atoms with van der Waals surface area (Å²) in [6, 6.07) is 17.3. The van der Waals surface area contributed by atoms with Gasteiger partial charge in [0.25, 0.3) is 5.56 Å². The minimum Gasteiger partial charge on any atom is -0.349 e. The molecule has 0 saturated heterocycles. The molecule has 9 heteroatoms. The predicted molar refractivity (Wildman–Crippen MR) is 132 cm³/mol. The normalized spacial score (nSPS) is 12.1. The Kier molecular flexibility index (Phi) is 6.98. The number of hydrogen-bond donors (Lipinski definition) is 1. The van der Waals surface area contributed by atoms with E-state index in [0.717, 1.165) is 15.7 Å². The summed E-state index contributed by atoms with van der Waals surface area (Å²) in [5.41, 5.74) is 1.97. The highest BCUT2D eigenvalue weighted by Crippen LogP contribution is 2.20. The molecule has 4 rings (SSSR count). The molecule has 1 N–H and O–H groups in total. The molecule has 1 amide bonds. The van der Waals surface area contributed by atoms with Gasteiger partial charge in [0.1, 0.15) is 0 Å². The third-order valence-corrected chi connectivity index (χ3v) is 6.16. The molecule has 2 heterocycles. The van der Waals surface area contributed by atoms with E-state index in [0.29, 0.717) is 35.6 Å². The Balaban J connectivity index is 1.44. The number of nitrogens with one attached hydrogen (secondary N) is 1. The second-order valence-electron chi connectivity index (χ2n) is 8.28. The second-order valence-corrected chi connectivity index (χ2v) is 8.72. The largest absolute Gasteiger partial charge is 0.349 e. The van der Waals surface area contributed by atoms with E-state index in [2.05, 4.69) is 10.3 Å². The Morgan fingerprint density at radius 3 is 2.44 bits per heavy atom. The lowest BCUT2D eigenvalue weighted by molar-refractivity contribution is -0.122. The lowest BCUT2D eigenvalue weighted by Crippen LogP contribution is -2.37. The van der Waals surface area contributed by atoms with Gasteiger partial charge >= 0.3 is 5.69 Å².